The Bertz CT molecular complexity index is 869. The topological polar surface area (TPSA) is 69.7 Å². The largest absolute Gasteiger partial charge is 0.369 e. The summed E-state index contributed by atoms with van der Waals surface area (Å²) in [5.74, 6) is -0.187. The minimum absolute atomic E-state index is 0.187. The maximum Gasteiger partial charge on any atom is 0.243 e. The molecule has 2 aromatic rings. The highest BCUT2D eigenvalue weighted by Gasteiger charge is 2.28. The fourth-order valence-electron chi connectivity index (χ4n) is 3.00. The van der Waals surface area contributed by atoms with Crippen LogP contribution in [-0.2, 0) is 14.8 Å². The van der Waals surface area contributed by atoms with E-state index in [0.717, 1.165) is 5.69 Å². The first kappa shape index (κ1) is 18.4. The zero-order valence-corrected chi connectivity index (χ0v) is 15.8. The molecule has 1 amide bonds. The van der Waals surface area contributed by atoms with Gasteiger partial charge >= 0.3 is 0 Å². The van der Waals surface area contributed by atoms with Crippen molar-refractivity contribution in [3.8, 4) is 0 Å². The van der Waals surface area contributed by atoms with E-state index < -0.39 is 10.0 Å². The molecule has 1 saturated heterocycles. The first-order valence-corrected chi connectivity index (χ1v) is 10.00. The highest BCUT2D eigenvalue weighted by Crippen LogP contribution is 2.22. The van der Waals surface area contributed by atoms with Crippen molar-refractivity contribution in [3.63, 3.8) is 0 Å². The number of aryl methyl sites for hydroxylation is 1. The molecule has 1 aliphatic rings. The molecule has 1 N–H and O–H groups in total. The molecule has 2 aromatic carbocycles. The molecule has 1 aliphatic heterocycles. The van der Waals surface area contributed by atoms with Gasteiger partial charge in [0.25, 0.3) is 0 Å². The van der Waals surface area contributed by atoms with Gasteiger partial charge in [0.1, 0.15) is 0 Å². The summed E-state index contributed by atoms with van der Waals surface area (Å²) in [5.41, 5.74) is 2.91. The molecule has 0 saturated carbocycles. The average molecular weight is 373 g/mol. The van der Waals surface area contributed by atoms with Gasteiger partial charge in [-0.3, -0.25) is 4.79 Å². The first-order chi connectivity index (χ1) is 12.4. The van der Waals surface area contributed by atoms with E-state index in [2.05, 4.69) is 34.5 Å². The van der Waals surface area contributed by atoms with E-state index in [1.54, 1.807) is 12.1 Å². The summed E-state index contributed by atoms with van der Waals surface area (Å²) >= 11 is 0. The molecule has 0 unspecified atom stereocenters. The second kappa shape index (κ2) is 7.47. The normalized spacial score (nSPS) is 15.7. The second-order valence-electron chi connectivity index (χ2n) is 6.43. The van der Waals surface area contributed by atoms with Crippen LogP contribution in [0.4, 0.5) is 11.4 Å². The smallest absolute Gasteiger partial charge is 0.243 e. The van der Waals surface area contributed by atoms with Gasteiger partial charge in [-0.15, -0.1) is 0 Å². The van der Waals surface area contributed by atoms with E-state index in [1.807, 2.05) is 6.92 Å². The quantitative estimate of drug-likeness (QED) is 0.894. The maximum atomic E-state index is 12.8. The minimum Gasteiger partial charge on any atom is -0.369 e. The van der Waals surface area contributed by atoms with Crippen molar-refractivity contribution in [2.45, 2.75) is 18.7 Å². The van der Waals surface area contributed by atoms with Crippen LogP contribution < -0.4 is 10.2 Å². The Morgan fingerprint density at radius 2 is 1.50 bits per heavy atom. The summed E-state index contributed by atoms with van der Waals surface area (Å²) in [6.07, 6.45) is 0. The van der Waals surface area contributed by atoms with E-state index in [0.29, 0.717) is 31.9 Å². The van der Waals surface area contributed by atoms with E-state index in [4.69, 9.17) is 0 Å². The molecule has 3 rings (SSSR count). The third-order valence-electron chi connectivity index (χ3n) is 4.45. The molecular formula is C19H23N3O3S. The predicted octanol–water partition coefficient (Wildman–Crippen LogP) is 2.46. The van der Waals surface area contributed by atoms with Crippen molar-refractivity contribution in [1.29, 1.82) is 0 Å². The number of hydrogen-bond acceptors (Lipinski definition) is 4. The van der Waals surface area contributed by atoms with Crippen LogP contribution in [0.3, 0.4) is 0 Å². The fourth-order valence-corrected chi connectivity index (χ4v) is 4.43. The molecule has 0 spiro atoms. The van der Waals surface area contributed by atoms with Crippen molar-refractivity contribution >= 4 is 27.3 Å². The number of hydrogen-bond donors (Lipinski definition) is 1. The lowest BCUT2D eigenvalue weighted by molar-refractivity contribution is -0.114. The lowest BCUT2D eigenvalue weighted by atomic mass is 10.2. The van der Waals surface area contributed by atoms with Crippen LogP contribution in [0, 0.1) is 6.92 Å². The summed E-state index contributed by atoms with van der Waals surface area (Å²) in [6.45, 7) is 5.68. The number of rotatable bonds is 4. The fraction of sp³-hybridized carbons (Fsp3) is 0.316. The molecule has 26 heavy (non-hydrogen) atoms. The van der Waals surface area contributed by atoms with Crippen LogP contribution in [0.5, 0.6) is 0 Å². The van der Waals surface area contributed by atoms with Gasteiger partial charge in [-0.1, -0.05) is 17.7 Å². The minimum atomic E-state index is -3.53. The number of sulfonamides is 1. The summed E-state index contributed by atoms with van der Waals surface area (Å²) in [6, 6.07) is 14.6. The monoisotopic (exact) mass is 373 g/mol. The van der Waals surface area contributed by atoms with Gasteiger partial charge in [0.05, 0.1) is 4.90 Å². The molecule has 7 heteroatoms. The third kappa shape index (κ3) is 4.05. The standard InChI is InChI=1S/C19H23N3O3S/c1-15-3-7-18(8-4-15)21-11-13-22(14-12-21)26(24,25)19-9-5-17(6-10-19)20-16(2)23/h3-10H,11-14H2,1-2H3,(H,20,23). The summed E-state index contributed by atoms with van der Waals surface area (Å²) in [7, 11) is -3.53. The van der Waals surface area contributed by atoms with Crippen LogP contribution in [0.25, 0.3) is 0 Å². The van der Waals surface area contributed by atoms with E-state index in [9.17, 15) is 13.2 Å². The van der Waals surface area contributed by atoms with Crippen LogP contribution in [0.1, 0.15) is 12.5 Å². The number of piperazine rings is 1. The van der Waals surface area contributed by atoms with Gasteiger partial charge in [-0.25, -0.2) is 8.42 Å². The SMILES string of the molecule is CC(=O)Nc1ccc(S(=O)(=O)N2CCN(c3ccc(C)cc3)CC2)cc1. The Kier molecular flexibility index (Phi) is 5.29. The van der Waals surface area contributed by atoms with Gasteiger partial charge in [-0.05, 0) is 43.3 Å². The predicted molar refractivity (Wildman–Crippen MR) is 103 cm³/mol. The lowest BCUT2D eigenvalue weighted by Gasteiger charge is -2.35. The zero-order chi connectivity index (χ0) is 18.7. The number of carbonyl (C=O) groups excluding carboxylic acids is 1. The van der Waals surface area contributed by atoms with Crippen molar-refractivity contribution < 1.29 is 13.2 Å². The molecule has 0 bridgehead atoms. The summed E-state index contributed by atoms with van der Waals surface area (Å²) in [4.78, 5) is 13.5. The summed E-state index contributed by atoms with van der Waals surface area (Å²) in [5, 5.41) is 2.64. The van der Waals surface area contributed by atoms with Crippen molar-refractivity contribution in [2.75, 3.05) is 36.4 Å². The second-order valence-corrected chi connectivity index (χ2v) is 8.37. The number of amides is 1. The zero-order valence-electron chi connectivity index (χ0n) is 15.0. The van der Waals surface area contributed by atoms with Gasteiger partial charge in [0.15, 0.2) is 0 Å². The number of nitrogens with zero attached hydrogens (tertiary/aromatic N) is 2. The Morgan fingerprint density at radius 3 is 2.04 bits per heavy atom. The van der Waals surface area contributed by atoms with Gasteiger partial charge in [-0.2, -0.15) is 4.31 Å². The van der Waals surface area contributed by atoms with E-state index >= 15 is 0 Å². The molecule has 0 aliphatic carbocycles. The van der Waals surface area contributed by atoms with Crippen LogP contribution in [-0.4, -0.2) is 44.8 Å². The highest BCUT2D eigenvalue weighted by atomic mass is 32.2. The highest BCUT2D eigenvalue weighted by molar-refractivity contribution is 7.89. The molecule has 0 atom stereocenters. The molecule has 138 valence electrons. The molecule has 6 nitrogen and oxygen atoms in total. The Hall–Kier alpha value is -2.38. The van der Waals surface area contributed by atoms with Crippen LogP contribution >= 0.6 is 0 Å². The molecular weight excluding hydrogens is 350 g/mol. The van der Waals surface area contributed by atoms with E-state index in [-0.39, 0.29) is 10.8 Å². The average Bonchev–Trinajstić information content (AvgIpc) is 2.62. The molecule has 1 fully saturated rings. The molecule has 0 radical (unpaired) electrons. The Labute approximate surface area is 154 Å². The summed E-state index contributed by atoms with van der Waals surface area (Å²) < 4.78 is 27.2. The van der Waals surface area contributed by atoms with Crippen molar-refractivity contribution in [1.82, 2.24) is 4.31 Å². The van der Waals surface area contributed by atoms with E-state index in [1.165, 1.54) is 28.9 Å². The van der Waals surface area contributed by atoms with Gasteiger partial charge in [0, 0.05) is 44.5 Å². The van der Waals surface area contributed by atoms with Gasteiger partial charge in [0.2, 0.25) is 15.9 Å². The molecule has 1 heterocycles. The number of carbonyl (C=O) groups is 1. The lowest BCUT2D eigenvalue weighted by Crippen LogP contribution is -2.48. The number of nitrogens with one attached hydrogen (secondary N) is 1. The molecule has 0 aromatic heterocycles. The van der Waals surface area contributed by atoms with Crippen molar-refractivity contribution in [2.24, 2.45) is 0 Å². The van der Waals surface area contributed by atoms with Crippen molar-refractivity contribution in [3.05, 3.63) is 54.1 Å². The van der Waals surface area contributed by atoms with Crippen LogP contribution in [0.2, 0.25) is 0 Å². The Balaban J connectivity index is 1.67. The van der Waals surface area contributed by atoms with Crippen LogP contribution in [0.15, 0.2) is 53.4 Å². The Morgan fingerprint density at radius 1 is 0.923 bits per heavy atom. The van der Waals surface area contributed by atoms with Gasteiger partial charge < -0.3 is 10.2 Å². The maximum absolute atomic E-state index is 12.8. The number of benzene rings is 2. The third-order valence-corrected chi connectivity index (χ3v) is 6.36. The first-order valence-electron chi connectivity index (χ1n) is 8.56. The number of anilines is 2.